The highest BCUT2D eigenvalue weighted by Gasteiger charge is 1.95. The normalized spacial score (nSPS) is 12.2. The van der Waals surface area contributed by atoms with Crippen molar-refractivity contribution < 1.29 is 0 Å². The van der Waals surface area contributed by atoms with Crippen LogP contribution in [0.15, 0.2) is 0 Å². The predicted octanol–water partition coefficient (Wildman–Crippen LogP) is 6.24. The van der Waals surface area contributed by atoms with Gasteiger partial charge in [0, 0.05) is 6.04 Å². The van der Waals surface area contributed by atoms with E-state index in [1.165, 1.54) is 89.9 Å². The minimum absolute atomic E-state index is 0. The number of hydrogen-bond donors (Lipinski definition) is 1. The summed E-state index contributed by atoms with van der Waals surface area (Å²) in [7, 11) is 0. The van der Waals surface area contributed by atoms with Gasteiger partial charge in [-0.25, -0.2) is 0 Å². The lowest BCUT2D eigenvalue weighted by Crippen LogP contribution is -2.13. The molecule has 0 fully saturated rings. The topological polar surface area (TPSA) is 26.0 Å². The molecule has 2 N–H and O–H groups in total. The smallest absolute Gasteiger partial charge is 0.00104 e. The Kier molecular flexibility index (Phi) is 20.7. The maximum Gasteiger partial charge on any atom is 0.00104 e. The van der Waals surface area contributed by atoms with Gasteiger partial charge >= 0.3 is 0 Å². The van der Waals surface area contributed by atoms with Gasteiger partial charge in [0.25, 0.3) is 0 Å². The fourth-order valence-electron chi connectivity index (χ4n) is 2.48. The molecule has 0 aliphatic carbocycles. The van der Waals surface area contributed by atoms with Crippen molar-refractivity contribution in [2.24, 2.45) is 5.73 Å². The molecule has 0 aliphatic rings. The number of nitrogens with two attached hydrogens (primary N) is 1. The maximum atomic E-state index is 5.73. The summed E-state index contributed by atoms with van der Waals surface area (Å²) in [5.41, 5.74) is 5.73. The van der Waals surface area contributed by atoms with Crippen LogP contribution in [0, 0.1) is 0 Å². The predicted molar refractivity (Wildman–Crippen MR) is 91.2 cm³/mol. The third-order valence-corrected chi connectivity index (χ3v) is 3.76. The fraction of sp³-hybridized carbons (Fsp3) is 1.00. The maximum absolute atomic E-state index is 5.73. The molecule has 0 aromatic heterocycles. The van der Waals surface area contributed by atoms with Gasteiger partial charge in [0.2, 0.25) is 0 Å². The monoisotopic (exact) mass is 291 g/mol. The average molecular weight is 292 g/mol. The summed E-state index contributed by atoms with van der Waals surface area (Å²) in [4.78, 5) is 0. The van der Waals surface area contributed by atoms with Gasteiger partial charge in [-0.05, 0) is 13.3 Å². The van der Waals surface area contributed by atoms with Crippen LogP contribution in [0.5, 0.6) is 0 Å². The molecule has 1 atom stereocenters. The van der Waals surface area contributed by atoms with E-state index < -0.39 is 0 Å². The number of hydrogen-bond acceptors (Lipinski definition) is 1. The van der Waals surface area contributed by atoms with Crippen molar-refractivity contribution in [2.45, 2.75) is 110 Å². The minimum Gasteiger partial charge on any atom is -0.328 e. The molecular formula is C17H38ClN. The van der Waals surface area contributed by atoms with Crippen LogP contribution in [-0.2, 0) is 0 Å². The quantitative estimate of drug-likeness (QED) is 0.377. The van der Waals surface area contributed by atoms with Gasteiger partial charge in [0.15, 0.2) is 0 Å². The Balaban J connectivity index is 0. The van der Waals surface area contributed by atoms with Crippen molar-refractivity contribution in [2.75, 3.05) is 0 Å². The van der Waals surface area contributed by atoms with Gasteiger partial charge in [0.05, 0.1) is 0 Å². The van der Waals surface area contributed by atoms with Crippen LogP contribution in [0.1, 0.15) is 104 Å². The van der Waals surface area contributed by atoms with Crippen molar-refractivity contribution in [3.63, 3.8) is 0 Å². The molecule has 0 aliphatic heterocycles. The lowest BCUT2D eigenvalue weighted by Gasteiger charge is -2.04. The first-order valence-electron chi connectivity index (χ1n) is 8.53. The Morgan fingerprint density at radius 1 is 0.632 bits per heavy atom. The van der Waals surface area contributed by atoms with E-state index >= 15 is 0 Å². The van der Waals surface area contributed by atoms with E-state index in [0.717, 1.165) is 0 Å². The zero-order valence-electron chi connectivity index (χ0n) is 13.5. The van der Waals surface area contributed by atoms with Crippen LogP contribution in [0.2, 0.25) is 0 Å². The molecular weight excluding hydrogens is 254 g/mol. The summed E-state index contributed by atoms with van der Waals surface area (Å²) >= 11 is 0. The third-order valence-electron chi connectivity index (χ3n) is 3.76. The van der Waals surface area contributed by atoms with Crippen molar-refractivity contribution in [1.29, 1.82) is 0 Å². The minimum atomic E-state index is 0. The molecule has 2 heteroatoms. The molecule has 0 heterocycles. The van der Waals surface area contributed by atoms with Crippen LogP contribution < -0.4 is 5.73 Å². The molecule has 19 heavy (non-hydrogen) atoms. The summed E-state index contributed by atoms with van der Waals surface area (Å²) in [6, 6.07) is 0.401. The Morgan fingerprint density at radius 3 is 1.26 bits per heavy atom. The molecule has 0 amide bonds. The van der Waals surface area contributed by atoms with E-state index in [0.29, 0.717) is 6.04 Å². The molecule has 0 aromatic rings. The highest BCUT2D eigenvalue weighted by Crippen LogP contribution is 2.13. The van der Waals surface area contributed by atoms with Crippen LogP contribution in [0.4, 0.5) is 0 Å². The van der Waals surface area contributed by atoms with Crippen molar-refractivity contribution >= 4 is 12.4 Å². The second kappa shape index (κ2) is 18.2. The first-order chi connectivity index (χ1) is 8.77. The molecule has 0 aromatic carbocycles. The van der Waals surface area contributed by atoms with Crippen LogP contribution >= 0.6 is 12.4 Å². The Morgan fingerprint density at radius 2 is 0.947 bits per heavy atom. The Hall–Kier alpha value is 0.250. The third kappa shape index (κ3) is 20.7. The zero-order chi connectivity index (χ0) is 13.5. The second-order valence-electron chi connectivity index (χ2n) is 6.01. The Bertz CT molecular complexity index is 148. The van der Waals surface area contributed by atoms with Crippen molar-refractivity contribution in [3.8, 4) is 0 Å². The number of rotatable bonds is 14. The zero-order valence-corrected chi connectivity index (χ0v) is 14.3. The number of halogens is 1. The first kappa shape index (κ1) is 21.5. The standard InChI is InChI=1S/C17H37N.ClH/c1-3-4-5-6-7-8-9-10-11-12-13-14-15-16-17(2)18;/h17H,3-16,18H2,1-2H3;1H. The SMILES string of the molecule is CCCCCCCCCCCCCCCC(C)N.Cl. The molecule has 1 unspecified atom stereocenters. The van der Waals surface area contributed by atoms with Crippen LogP contribution in [0.25, 0.3) is 0 Å². The van der Waals surface area contributed by atoms with Crippen LogP contribution in [0.3, 0.4) is 0 Å². The molecule has 1 nitrogen and oxygen atoms in total. The number of unbranched alkanes of at least 4 members (excludes halogenated alkanes) is 12. The van der Waals surface area contributed by atoms with E-state index in [2.05, 4.69) is 13.8 Å². The summed E-state index contributed by atoms with van der Waals surface area (Å²) < 4.78 is 0. The lowest BCUT2D eigenvalue weighted by atomic mass is 10.0. The van der Waals surface area contributed by atoms with Gasteiger partial charge < -0.3 is 5.73 Å². The Labute approximate surface area is 128 Å². The highest BCUT2D eigenvalue weighted by molar-refractivity contribution is 5.85. The lowest BCUT2D eigenvalue weighted by molar-refractivity contribution is 0.525. The van der Waals surface area contributed by atoms with Crippen molar-refractivity contribution in [3.05, 3.63) is 0 Å². The molecule has 118 valence electrons. The van der Waals surface area contributed by atoms with Gasteiger partial charge in [-0.1, -0.05) is 90.4 Å². The highest BCUT2D eigenvalue weighted by atomic mass is 35.5. The first-order valence-corrected chi connectivity index (χ1v) is 8.53. The van der Waals surface area contributed by atoms with Crippen LogP contribution in [-0.4, -0.2) is 6.04 Å². The van der Waals surface area contributed by atoms with E-state index in [1.54, 1.807) is 0 Å². The van der Waals surface area contributed by atoms with Gasteiger partial charge in [-0.15, -0.1) is 12.4 Å². The molecule has 0 saturated carbocycles. The van der Waals surface area contributed by atoms with E-state index in [9.17, 15) is 0 Å². The van der Waals surface area contributed by atoms with Gasteiger partial charge in [-0.3, -0.25) is 0 Å². The summed E-state index contributed by atoms with van der Waals surface area (Å²) in [6.07, 6.45) is 19.8. The molecule has 0 saturated heterocycles. The molecule has 0 bridgehead atoms. The largest absolute Gasteiger partial charge is 0.328 e. The fourth-order valence-corrected chi connectivity index (χ4v) is 2.48. The van der Waals surface area contributed by atoms with E-state index in [4.69, 9.17) is 5.73 Å². The summed E-state index contributed by atoms with van der Waals surface area (Å²) in [5.74, 6) is 0. The molecule has 0 spiro atoms. The van der Waals surface area contributed by atoms with Gasteiger partial charge in [0.1, 0.15) is 0 Å². The van der Waals surface area contributed by atoms with E-state index in [1.807, 2.05) is 0 Å². The van der Waals surface area contributed by atoms with E-state index in [-0.39, 0.29) is 12.4 Å². The molecule has 0 radical (unpaired) electrons. The van der Waals surface area contributed by atoms with Gasteiger partial charge in [-0.2, -0.15) is 0 Å². The molecule has 0 rings (SSSR count). The summed E-state index contributed by atoms with van der Waals surface area (Å²) in [6.45, 7) is 4.40. The average Bonchev–Trinajstić information content (AvgIpc) is 2.34. The van der Waals surface area contributed by atoms with Crippen molar-refractivity contribution in [1.82, 2.24) is 0 Å². The second-order valence-corrected chi connectivity index (χ2v) is 6.01. The summed E-state index contributed by atoms with van der Waals surface area (Å²) in [5, 5.41) is 0.